The molecule has 0 bridgehead atoms. The Morgan fingerprint density at radius 2 is 1.82 bits per heavy atom. The summed E-state index contributed by atoms with van der Waals surface area (Å²) in [5, 5.41) is 0. The Labute approximate surface area is 132 Å². The molecule has 2 rings (SSSR count). The largest absolute Gasteiger partial charge is 0.339 e. The smallest absolute Gasteiger partial charge is 0.253 e. The average molecular weight is 324 g/mol. The molecule has 22 heavy (non-hydrogen) atoms. The van der Waals surface area contributed by atoms with E-state index in [4.69, 9.17) is 0 Å². The molecule has 5 nitrogen and oxygen atoms in total. The van der Waals surface area contributed by atoms with Gasteiger partial charge in [0.15, 0.2) is 0 Å². The molecule has 0 atom stereocenters. The van der Waals surface area contributed by atoms with Crippen LogP contribution in [0.2, 0.25) is 0 Å². The van der Waals surface area contributed by atoms with Gasteiger partial charge in [-0.3, -0.25) is 4.79 Å². The number of carbonyl (C=O) groups is 1. The van der Waals surface area contributed by atoms with Crippen molar-refractivity contribution in [3.05, 3.63) is 28.8 Å². The van der Waals surface area contributed by atoms with Crippen molar-refractivity contribution in [2.45, 2.75) is 38.5 Å². The summed E-state index contributed by atoms with van der Waals surface area (Å²) in [6.45, 7) is 7.26. The fourth-order valence-corrected chi connectivity index (χ4v) is 3.80. The molecule has 1 fully saturated rings. The van der Waals surface area contributed by atoms with Crippen molar-refractivity contribution in [1.29, 1.82) is 0 Å². The Morgan fingerprint density at radius 3 is 2.36 bits per heavy atom. The van der Waals surface area contributed by atoms with Gasteiger partial charge in [-0.05, 0) is 62.9 Å². The van der Waals surface area contributed by atoms with Crippen LogP contribution in [0.25, 0.3) is 0 Å². The summed E-state index contributed by atoms with van der Waals surface area (Å²) < 4.78 is 26.6. The van der Waals surface area contributed by atoms with Crippen LogP contribution in [0.4, 0.5) is 0 Å². The zero-order valence-corrected chi connectivity index (χ0v) is 14.5. The van der Waals surface area contributed by atoms with Gasteiger partial charge in [-0.1, -0.05) is 6.92 Å². The van der Waals surface area contributed by atoms with Crippen molar-refractivity contribution in [2.24, 2.45) is 5.92 Å². The third kappa shape index (κ3) is 3.33. The molecule has 0 spiro atoms. The lowest BCUT2D eigenvalue weighted by Gasteiger charge is -2.30. The number of rotatable bonds is 3. The van der Waals surface area contributed by atoms with Gasteiger partial charge in [0, 0.05) is 18.7 Å². The fraction of sp³-hybridized carbons (Fsp3) is 0.562. The van der Waals surface area contributed by atoms with E-state index in [2.05, 4.69) is 11.6 Å². The summed E-state index contributed by atoms with van der Waals surface area (Å²) >= 11 is 0. The summed E-state index contributed by atoms with van der Waals surface area (Å²) in [7, 11) is -2.19. The van der Waals surface area contributed by atoms with Crippen LogP contribution >= 0.6 is 0 Å². The molecular formula is C16H24N2O3S. The number of amides is 1. The first kappa shape index (κ1) is 17.0. The minimum atomic E-state index is -3.57. The predicted octanol–water partition coefficient (Wildman–Crippen LogP) is 2.08. The maximum Gasteiger partial charge on any atom is 0.253 e. The zero-order chi connectivity index (χ0) is 16.5. The molecule has 122 valence electrons. The molecule has 1 aliphatic rings. The Balaban J connectivity index is 2.38. The van der Waals surface area contributed by atoms with Crippen molar-refractivity contribution < 1.29 is 13.2 Å². The van der Waals surface area contributed by atoms with E-state index < -0.39 is 10.0 Å². The topological polar surface area (TPSA) is 66.5 Å². The molecule has 0 aliphatic carbocycles. The summed E-state index contributed by atoms with van der Waals surface area (Å²) in [6.07, 6.45) is 2.00. The molecule has 1 saturated heterocycles. The Hall–Kier alpha value is -1.40. The number of hydrogen-bond acceptors (Lipinski definition) is 3. The molecule has 1 N–H and O–H groups in total. The number of nitrogens with one attached hydrogen (secondary N) is 1. The molecule has 0 radical (unpaired) electrons. The molecule has 0 aromatic heterocycles. The maximum atomic E-state index is 12.6. The van der Waals surface area contributed by atoms with Gasteiger partial charge in [0.1, 0.15) is 0 Å². The lowest BCUT2D eigenvalue weighted by Crippen LogP contribution is -2.38. The van der Waals surface area contributed by atoms with E-state index in [9.17, 15) is 13.2 Å². The molecule has 0 saturated carbocycles. The second-order valence-electron chi connectivity index (χ2n) is 6.10. The molecule has 1 amide bonds. The predicted molar refractivity (Wildman–Crippen MR) is 86.5 cm³/mol. The van der Waals surface area contributed by atoms with E-state index in [-0.39, 0.29) is 10.8 Å². The quantitative estimate of drug-likeness (QED) is 0.926. The van der Waals surface area contributed by atoms with Crippen LogP contribution in [0, 0.1) is 19.8 Å². The first-order chi connectivity index (χ1) is 10.3. The van der Waals surface area contributed by atoms with Gasteiger partial charge in [0.2, 0.25) is 10.0 Å². The third-order valence-electron chi connectivity index (χ3n) is 4.50. The van der Waals surface area contributed by atoms with Crippen LogP contribution in [-0.2, 0) is 10.0 Å². The first-order valence-electron chi connectivity index (χ1n) is 7.60. The van der Waals surface area contributed by atoms with Crippen molar-refractivity contribution in [2.75, 3.05) is 20.1 Å². The van der Waals surface area contributed by atoms with Crippen LogP contribution in [0.5, 0.6) is 0 Å². The molecular weight excluding hydrogens is 300 g/mol. The molecule has 1 heterocycles. The van der Waals surface area contributed by atoms with Crippen molar-refractivity contribution in [1.82, 2.24) is 9.62 Å². The molecule has 1 aliphatic heterocycles. The molecule has 6 heteroatoms. The number of piperidine rings is 1. The average Bonchev–Trinajstić information content (AvgIpc) is 2.49. The Bertz CT molecular complexity index is 675. The summed E-state index contributed by atoms with van der Waals surface area (Å²) in [5.74, 6) is 0.562. The van der Waals surface area contributed by atoms with Gasteiger partial charge in [-0.2, -0.15) is 0 Å². The molecule has 1 aromatic rings. The third-order valence-corrected chi connectivity index (χ3v) is 6.04. The molecule has 0 unspecified atom stereocenters. The highest BCUT2D eigenvalue weighted by atomic mass is 32.2. The number of nitrogens with zero attached hydrogens (tertiary/aromatic N) is 1. The van der Waals surface area contributed by atoms with Crippen LogP contribution in [0.3, 0.4) is 0 Å². The highest BCUT2D eigenvalue weighted by Gasteiger charge is 2.24. The summed E-state index contributed by atoms with van der Waals surface area (Å²) in [6, 6.07) is 3.28. The lowest BCUT2D eigenvalue weighted by molar-refractivity contribution is 0.0697. The summed E-state index contributed by atoms with van der Waals surface area (Å²) in [4.78, 5) is 14.7. The number of benzene rings is 1. The highest BCUT2D eigenvalue weighted by molar-refractivity contribution is 7.89. The SMILES string of the molecule is CNS(=O)(=O)c1cc(C(=O)N2CCC(C)CC2)cc(C)c1C. The van der Waals surface area contributed by atoms with Crippen LogP contribution in [0.15, 0.2) is 17.0 Å². The first-order valence-corrected chi connectivity index (χ1v) is 9.08. The van der Waals surface area contributed by atoms with E-state index >= 15 is 0 Å². The Morgan fingerprint density at radius 1 is 1.23 bits per heavy atom. The number of aryl methyl sites for hydroxylation is 1. The van der Waals surface area contributed by atoms with Crippen LogP contribution < -0.4 is 4.72 Å². The van der Waals surface area contributed by atoms with E-state index in [1.54, 1.807) is 13.0 Å². The monoisotopic (exact) mass is 324 g/mol. The van der Waals surface area contributed by atoms with Crippen molar-refractivity contribution in [3.63, 3.8) is 0 Å². The molecule has 1 aromatic carbocycles. The zero-order valence-electron chi connectivity index (χ0n) is 13.6. The van der Waals surface area contributed by atoms with E-state index in [1.165, 1.54) is 13.1 Å². The Kier molecular flexibility index (Phi) is 4.92. The fourth-order valence-electron chi connectivity index (χ4n) is 2.73. The number of carbonyl (C=O) groups excluding carboxylic acids is 1. The minimum Gasteiger partial charge on any atom is -0.339 e. The lowest BCUT2D eigenvalue weighted by atomic mass is 9.98. The second-order valence-corrected chi connectivity index (χ2v) is 7.95. The van der Waals surface area contributed by atoms with Gasteiger partial charge in [0.05, 0.1) is 4.90 Å². The van der Waals surface area contributed by atoms with Gasteiger partial charge in [0.25, 0.3) is 5.91 Å². The van der Waals surface area contributed by atoms with Crippen molar-refractivity contribution >= 4 is 15.9 Å². The highest BCUT2D eigenvalue weighted by Crippen LogP contribution is 2.24. The van der Waals surface area contributed by atoms with Gasteiger partial charge in [-0.15, -0.1) is 0 Å². The summed E-state index contributed by atoms with van der Waals surface area (Å²) in [5.41, 5.74) is 1.94. The van der Waals surface area contributed by atoms with Crippen molar-refractivity contribution in [3.8, 4) is 0 Å². The van der Waals surface area contributed by atoms with Gasteiger partial charge < -0.3 is 4.90 Å². The van der Waals surface area contributed by atoms with E-state index in [0.29, 0.717) is 17.0 Å². The standard InChI is InChI=1S/C16H24N2O3S/c1-11-5-7-18(8-6-11)16(19)14-9-12(2)13(3)15(10-14)22(20,21)17-4/h9-11,17H,5-8H2,1-4H3. The minimum absolute atomic E-state index is 0.0810. The number of likely N-dealkylation sites (tertiary alicyclic amines) is 1. The normalized spacial score (nSPS) is 16.8. The second kappa shape index (κ2) is 6.38. The van der Waals surface area contributed by atoms with E-state index in [1.807, 2.05) is 11.8 Å². The van der Waals surface area contributed by atoms with Gasteiger partial charge in [-0.25, -0.2) is 13.1 Å². The maximum absolute atomic E-state index is 12.6. The van der Waals surface area contributed by atoms with Crippen LogP contribution in [-0.4, -0.2) is 39.4 Å². The van der Waals surface area contributed by atoms with E-state index in [0.717, 1.165) is 31.5 Å². The van der Waals surface area contributed by atoms with Crippen LogP contribution in [0.1, 0.15) is 41.3 Å². The number of sulfonamides is 1. The van der Waals surface area contributed by atoms with Gasteiger partial charge >= 0.3 is 0 Å². The number of hydrogen-bond donors (Lipinski definition) is 1.